The van der Waals surface area contributed by atoms with E-state index in [1.807, 2.05) is 7.05 Å². The molecule has 1 aliphatic rings. The van der Waals surface area contributed by atoms with Crippen molar-refractivity contribution in [3.05, 3.63) is 12.7 Å². The molecule has 0 aromatic heterocycles. The quantitative estimate of drug-likeness (QED) is 0.478. The maximum Gasteiger partial charge on any atom is 2.00 e. The fourth-order valence-corrected chi connectivity index (χ4v) is 2.47. The van der Waals surface area contributed by atoms with Crippen LogP contribution >= 0.6 is 0 Å². The van der Waals surface area contributed by atoms with E-state index < -0.39 is 0 Å². The van der Waals surface area contributed by atoms with Crippen molar-refractivity contribution in [1.82, 2.24) is 4.90 Å². The Morgan fingerprint density at radius 2 is 1.63 bits per heavy atom. The topological polar surface area (TPSA) is 17.3 Å². The minimum Gasteiger partial charge on any atom is -0.665 e. The average molecular weight is 434 g/mol. The molecule has 0 spiro atoms. The van der Waals surface area contributed by atoms with Gasteiger partial charge in [-0.2, -0.15) is 7.05 Å². The maximum atomic E-state index is 4.20. The molecule has 1 rings (SSSR count). The molecule has 0 amide bonds. The molecular formula is C16H30N2W. The number of hydrogen-bond donors (Lipinski definition) is 0. The van der Waals surface area contributed by atoms with Crippen molar-refractivity contribution in [3.63, 3.8) is 0 Å². The third kappa shape index (κ3) is 10.6. The fourth-order valence-electron chi connectivity index (χ4n) is 2.47. The van der Waals surface area contributed by atoms with E-state index in [-0.39, 0.29) is 28.5 Å². The molecule has 0 aromatic rings. The first kappa shape index (κ1) is 21.5. The average Bonchev–Trinajstić information content (AvgIpc) is 2.33. The van der Waals surface area contributed by atoms with Gasteiger partial charge in [0.05, 0.1) is 6.54 Å². The molecule has 1 fully saturated rings. The molecule has 1 aliphatic carbocycles. The largest absolute Gasteiger partial charge is 2.00 e. The summed E-state index contributed by atoms with van der Waals surface area (Å²) in [6.45, 7) is 1.95. The Morgan fingerprint density at radius 3 is 2.16 bits per heavy atom. The molecule has 0 aliphatic heterocycles. The zero-order valence-corrected chi connectivity index (χ0v) is 16.0. The first-order valence-corrected chi connectivity index (χ1v) is 6.88. The van der Waals surface area contributed by atoms with Crippen LogP contribution in [0.3, 0.4) is 0 Å². The van der Waals surface area contributed by atoms with E-state index in [4.69, 9.17) is 0 Å². The van der Waals surface area contributed by atoms with Gasteiger partial charge in [0.1, 0.15) is 0 Å². The van der Waals surface area contributed by atoms with Crippen LogP contribution in [-0.4, -0.2) is 39.1 Å². The molecule has 0 N–H and O–H groups in total. The first-order valence-electron chi connectivity index (χ1n) is 6.88. The van der Waals surface area contributed by atoms with Gasteiger partial charge in [0.2, 0.25) is 0 Å². The van der Waals surface area contributed by atoms with Crippen molar-refractivity contribution < 1.29 is 21.1 Å². The van der Waals surface area contributed by atoms with E-state index in [2.05, 4.69) is 36.2 Å². The molecule has 0 radical (unpaired) electrons. The molecule has 0 heterocycles. The van der Waals surface area contributed by atoms with E-state index >= 15 is 0 Å². The van der Waals surface area contributed by atoms with E-state index in [0.717, 1.165) is 31.3 Å². The molecule has 2 nitrogen and oxygen atoms in total. The van der Waals surface area contributed by atoms with Crippen molar-refractivity contribution in [3.8, 4) is 11.8 Å². The van der Waals surface area contributed by atoms with Gasteiger partial charge in [0, 0.05) is 6.42 Å². The second-order valence-corrected chi connectivity index (χ2v) is 5.51. The first-order chi connectivity index (χ1) is 8.22. The van der Waals surface area contributed by atoms with Crippen molar-refractivity contribution >= 4 is 0 Å². The predicted molar refractivity (Wildman–Crippen MR) is 81.6 cm³/mol. The van der Waals surface area contributed by atoms with Crippen molar-refractivity contribution in [2.24, 2.45) is 11.8 Å². The smallest absolute Gasteiger partial charge is 0.665 e. The zero-order chi connectivity index (χ0) is 12.5. The van der Waals surface area contributed by atoms with Gasteiger partial charge in [0.15, 0.2) is 0 Å². The molecule has 0 saturated heterocycles. The van der Waals surface area contributed by atoms with Gasteiger partial charge in [-0.25, -0.2) is 0 Å². The minimum atomic E-state index is 0. The summed E-state index contributed by atoms with van der Waals surface area (Å²) in [5.74, 6) is 8.37. The van der Waals surface area contributed by atoms with Gasteiger partial charge >= 0.3 is 21.1 Å². The summed E-state index contributed by atoms with van der Waals surface area (Å²) in [6.07, 6.45) is 7.97. The second kappa shape index (κ2) is 13.2. The molecule has 1 saturated carbocycles. The molecule has 3 heteroatoms. The summed E-state index contributed by atoms with van der Waals surface area (Å²) in [6, 6.07) is 0. The summed E-state index contributed by atoms with van der Waals surface area (Å²) in [5, 5.41) is 4.20. The second-order valence-electron chi connectivity index (χ2n) is 5.51. The van der Waals surface area contributed by atoms with Crippen LogP contribution in [0.1, 0.15) is 38.5 Å². The Labute approximate surface area is 135 Å². The van der Waals surface area contributed by atoms with Crippen molar-refractivity contribution in [2.45, 2.75) is 38.5 Å². The SMILES string of the molecule is C[N-]CCC1CCC(CC#CCN(C)C)CC1.[CH3-].[W+2]. The van der Waals surface area contributed by atoms with Crippen LogP contribution in [0.15, 0.2) is 0 Å². The van der Waals surface area contributed by atoms with Crippen LogP contribution < -0.4 is 0 Å². The third-order valence-corrected chi connectivity index (χ3v) is 3.64. The monoisotopic (exact) mass is 434 g/mol. The molecule has 110 valence electrons. The minimum absolute atomic E-state index is 0. The van der Waals surface area contributed by atoms with Crippen LogP contribution in [0.5, 0.6) is 0 Å². The maximum absolute atomic E-state index is 4.20. The van der Waals surface area contributed by atoms with Gasteiger partial charge in [-0.1, -0.05) is 25.2 Å². The Kier molecular flexibility index (Phi) is 14.9. The van der Waals surface area contributed by atoms with Crippen LogP contribution in [0, 0.1) is 31.1 Å². The molecule has 0 unspecified atom stereocenters. The molecule has 0 aromatic carbocycles. The third-order valence-electron chi connectivity index (χ3n) is 3.64. The summed E-state index contributed by atoms with van der Waals surface area (Å²) in [7, 11) is 6.06. The number of nitrogens with zero attached hydrogens (tertiary/aromatic N) is 2. The molecule has 19 heavy (non-hydrogen) atoms. The summed E-state index contributed by atoms with van der Waals surface area (Å²) in [4.78, 5) is 2.12. The molecule has 0 bridgehead atoms. The normalized spacial score (nSPS) is 21.9. The number of hydrogen-bond acceptors (Lipinski definition) is 1. The number of rotatable bonds is 5. The Morgan fingerprint density at radius 1 is 1.05 bits per heavy atom. The summed E-state index contributed by atoms with van der Waals surface area (Å²) in [5.41, 5.74) is 0. The molecule has 0 atom stereocenters. The van der Waals surface area contributed by atoms with Gasteiger partial charge in [-0.05, 0) is 38.8 Å². The van der Waals surface area contributed by atoms with E-state index in [1.54, 1.807) is 0 Å². The van der Waals surface area contributed by atoms with Gasteiger partial charge < -0.3 is 12.7 Å². The van der Waals surface area contributed by atoms with Crippen molar-refractivity contribution in [2.75, 3.05) is 34.2 Å². The van der Waals surface area contributed by atoms with Gasteiger partial charge in [-0.15, -0.1) is 12.5 Å². The van der Waals surface area contributed by atoms with E-state index in [1.165, 1.54) is 32.1 Å². The Balaban J connectivity index is 0. The van der Waals surface area contributed by atoms with Crippen molar-refractivity contribution in [1.29, 1.82) is 0 Å². The Bertz CT molecular complexity index is 247. The fraction of sp³-hybridized carbons (Fsp3) is 0.812. The van der Waals surface area contributed by atoms with Gasteiger partial charge in [-0.3, -0.25) is 4.90 Å². The van der Waals surface area contributed by atoms with E-state index in [0.29, 0.717) is 0 Å². The Hall–Kier alpha value is 0.168. The van der Waals surface area contributed by atoms with Crippen LogP contribution in [0.25, 0.3) is 5.32 Å². The standard InChI is InChI=1S/C15H27N2.CH3.W/c1-16-12-11-15-9-7-14(8-10-15)6-4-5-13-17(2)3;;/h14-15H,6-13H2,1-3H3;1H3;/q2*-1;+2. The molecular weight excluding hydrogens is 404 g/mol. The van der Waals surface area contributed by atoms with Crippen LogP contribution in [-0.2, 0) is 21.1 Å². The van der Waals surface area contributed by atoms with E-state index in [9.17, 15) is 0 Å². The van der Waals surface area contributed by atoms with Crippen LogP contribution in [0.4, 0.5) is 0 Å². The van der Waals surface area contributed by atoms with Gasteiger partial charge in [0.25, 0.3) is 0 Å². The van der Waals surface area contributed by atoms with Crippen LogP contribution in [0.2, 0.25) is 0 Å². The zero-order valence-electron chi connectivity index (χ0n) is 13.1. The summed E-state index contributed by atoms with van der Waals surface area (Å²) < 4.78 is 0. The summed E-state index contributed by atoms with van der Waals surface area (Å²) >= 11 is 0. The predicted octanol–water partition coefficient (Wildman–Crippen LogP) is 3.59.